The van der Waals surface area contributed by atoms with Crippen molar-refractivity contribution in [1.82, 2.24) is 20.7 Å². The molecule has 2 fully saturated rings. The summed E-state index contributed by atoms with van der Waals surface area (Å²) in [4.78, 5) is 74.0. The number of nitrogens with zero attached hydrogens (tertiary/aromatic N) is 2. The van der Waals surface area contributed by atoms with Crippen LogP contribution in [0.2, 0.25) is 0 Å². The number of rotatable bonds is 8. The number of carbonyl (C=O) groups is 6. The Labute approximate surface area is 195 Å². The first-order chi connectivity index (χ1) is 16.3. The van der Waals surface area contributed by atoms with E-state index in [1.165, 1.54) is 18.2 Å². The quantitative estimate of drug-likeness (QED) is 0.424. The van der Waals surface area contributed by atoms with Crippen LogP contribution in [0, 0.1) is 0 Å². The Morgan fingerprint density at radius 2 is 1.97 bits per heavy atom. The smallest absolute Gasteiger partial charge is 0.305 e. The van der Waals surface area contributed by atoms with E-state index < -0.39 is 48.2 Å². The maximum atomic E-state index is 13.4. The normalized spacial score (nSPS) is 21.1. The zero-order chi connectivity index (χ0) is 24.8. The van der Waals surface area contributed by atoms with Crippen LogP contribution in [0.25, 0.3) is 0 Å². The van der Waals surface area contributed by atoms with Crippen molar-refractivity contribution in [2.75, 3.05) is 13.7 Å². The van der Waals surface area contributed by atoms with E-state index in [2.05, 4.69) is 10.6 Å². The first kappa shape index (κ1) is 24.7. The molecule has 3 atom stereocenters. The minimum atomic E-state index is -1.28. The standard InChI is InChI=1S/C22H26N4O8/c1-34-17-7-3-2-5-14(17)20(31)24-15-8-9-18(28)25-10-4-6-16(26(25)22(15)33)21(32)23-13(12-27)11-19(29)30/h2-3,5,7,12-13,15-16H,4,6,8-11H2,1H3,(H,23,32)(H,24,31)(H,29,30)/t13-,15?,16-/m0/s1. The number of hydrogen-bond acceptors (Lipinski definition) is 7. The molecule has 0 spiro atoms. The number of para-hydroxylation sites is 1. The van der Waals surface area contributed by atoms with E-state index in [-0.39, 0.29) is 37.3 Å². The van der Waals surface area contributed by atoms with Crippen LogP contribution < -0.4 is 15.4 Å². The number of amides is 4. The number of ether oxygens (including phenoxy) is 1. The minimum absolute atomic E-state index is 0.0244. The first-order valence-electron chi connectivity index (χ1n) is 10.8. The van der Waals surface area contributed by atoms with Crippen LogP contribution >= 0.6 is 0 Å². The topological polar surface area (TPSA) is 162 Å². The zero-order valence-corrected chi connectivity index (χ0v) is 18.6. The highest BCUT2D eigenvalue weighted by molar-refractivity contribution is 6.01. The molecule has 1 unspecified atom stereocenters. The van der Waals surface area contributed by atoms with Crippen LogP contribution in [0.3, 0.4) is 0 Å². The second-order valence-electron chi connectivity index (χ2n) is 7.97. The van der Waals surface area contributed by atoms with E-state index >= 15 is 0 Å². The van der Waals surface area contributed by atoms with Gasteiger partial charge in [-0.25, -0.2) is 5.01 Å². The van der Waals surface area contributed by atoms with E-state index in [0.717, 1.165) is 5.01 Å². The number of aldehydes is 1. The third-order valence-electron chi connectivity index (χ3n) is 5.71. The fourth-order valence-electron chi connectivity index (χ4n) is 4.07. The van der Waals surface area contributed by atoms with Crippen LogP contribution in [0.1, 0.15) is 42.5 Å². The second-order valence-corrected chi connectivity index (χ2v) is 7.97. The zero-order valence-electron chi connectivity index (χ0n) is 18.6. The lowest BCUT2D eigenvalue weighted by Crippen LogP contribution is -2.64. The maximum Gasteiger partial charge on any atom is 0.305 e. The Kier molecular flexibility index (Phi) is 7.82. The molecule has 0 bridgehead atoms. The van der Waals surface area contributed by atoms with Gasteiger partial charge in [-0.3, -0.25) is 29.0 Å². The minimum Gasteiger partial charge on any atom is -0.496 e. The number of hydrazine groups is 1. The van der Waals surface area contributed by atoms with Crippen molar-refractivity contribution >= 4 is 35.9 Å². The molecule has 1 aromatic rings. The Hall–Kier alpha value is -3.96. The van der Waals surface area contributed by atoms with Crippen molar-refractivity contribution in [3.63, 3.8) is 0 Å². The lowest BCUT2D eigenvalue weighted by Gasteiger charge is -2.43. The second kappa shape index (κ2) is 10.8. The number of carbonyl (C=O) groups excluding carboxylic acids is 5. The van der Waals surface area contributed by atoms with E-state index in [1.807, 2.05) is 0 Å². The highest BCUT2D eigenvalue weighted by Gasteiger charge is 2.45. The van der Waals surface area contributed by atoms with Crippen molar-refractivity contribution < 1.29 is 38.6 Å². The summed E-state index contributed by atoms with van der Waals surface area (Å²) in [5.41, 5.74) is 0.209. The average molecular weight is 474 g/mol. The number of carboxylic acids is 1. The molecule has 2 saturated heterocycles. The van der Waals surface area contributed by atoms with Gasteiger partial charge < -0.3 is 25.3 Å². The Morgan fingerprint density at radius 1 is 1.24 bits per heavy atom. The monoisotopic (exact) mass is 474 g/mol. The van der Waals surface area contributed by atoms with Gasteiger partial charge in [0.1, 0.15) is 24.1 Å². The highest BCUT2D eigenvalue weighted by atomic mass is 16.5. The molecule has 4 amide bonds. The van der Waals surface area contributed by atoms with Crippen LogP contribution in [0.15, 0.2) is 24.3 Å². The molecule has 2 aliphatic rings. The molecule has 0 aromatic heterocycles. The summed E-state index contributed by atoms with van der Waals surface area (Å²) in [6, 6.07) is 2.97. The summed E-state index contributed by atoms with van der Waals surface area (Å²) < 4.78 is 5.19. The van der Waals surface area contributed by atoms with Crippen molar-refractivity contribution in [1.29, 1.82) is 0 Å². The van der Waals surface area contributed by atoms with Gasteiger partial charge in [0, 0.05) is 13.0 Å². The van der Waals surface area contributed by atoms with Crippen LogP contribution in [0.4, 0.5) is 0 Å². The largest absolute Gasteiger partial charge is 0.496 e. The lowest BCUT2D eigenvalue weighted by molar-refractivity contribution is -0.176. The molecule has 182 valence electrons. The molecule has 12 nitrogen and oxygen atoms in total. The molecular formula is C22H26N4O8. The summed E-state index contributed by atoms with van der Waals surface area (Å²) in [6.45, 7) is 0.216. The summed E-state index contributed by atoms with van der Waals surface area (Å²) in [5, 5.41) is 16.1. The van der Waals surface area contributed by atoms with E-state index in [1.54, 1.807) is 18.2 Å². The third-order valence-corrected chi connectivity index (χ3v) is 5.71. The molecule has 0 saturated carbocycles. The van der Waals surface area contributed by atoms with Gasteiger partial charge in [0.15, 0.2) is 0 Å². The number of carboxylic acid groups (broad SMARTS) is 1. The summed E-state index contributed by atoms with van der Waals surface area (Å²) in [7, 11) is 1.41. The molecule has 3 N–H and O–H groups in total. The van der Waals surface area contributed by atoms with Crippen molar-refractivity contribution in [2.24, 2.45) is 0 Å². The molecule has 2 aliphatic heterocycles. The van der Waals surface area contributed by atoms with Gasteiger partial charge in [-0.05, 0) is 31.4 Å². The predicted molar refractivity (Wildman–Crippen MR) is 115 cm³/mol. The molecule has 12 heteroatoms. The molecule has 1 aromatic carbocycles. The van der Waals surface area contributed by atoms with E-state index in [9.17, 15) is 28.8 Å². The van der Waals surface area contributed by atoms with Gasteiger partial charge in [-0.15, -0.1) is 0 Å². The maximum absolute atomic E-state index is 13.4. The molecule has 3 rings (SSSR count). The van der Waals surface area contributed by atoms with Crippen LogP contribution in [-0.2, 0) is 24.0 Å². The van der Waals surface area contributed by atoms with Gasteiger partial charge >= 0.3 is 5.97 Å². The number of methoxy groups -OCH3 is 1. The lowest BCUT2D eigenvalue weighted by atomic mass is 10.0. The van der Waals surface area contributed by atoms with Crippen LogP contribution in [-0.4, -0.2) is 82.8 Å². The predicted octanol–water partition coefficient (Wildman–Crippen LogP) is -0.520. The summed E-state index contributed by atoms with van der Waals surface area (Å²) in [5.74, 6) is -3.31. The van der Waals surface area contributed by atoms with Crippen molar-refractivity contribution in [3.05, 3.63) is 29.8 Å². The van der Waals surface area contributed by atoms with Crippen LogP contribution in [0.5, 0.6) is 5.75 Å². The molecular weight excluding hydrogens is 448 g/mol. The number of benzene rings is 1. The first-order valence-corrected chi connectivity index (χ1v) is 10.8. The van der Waals surface area contributed by atoms with Gasteiger partial charge in [0.25, 0.3) is 11.8 Å². The number of fused-ring (bicyclic) bond motifs is 1. The van der Waals surface area contributed by atoms with Gasteiger partial charge in [0.05, 0.1) is 25.1 Å². The van der Waals surface area contributed by atoms with E-state index in [0.29, 0.717) is 18.5 Å². The van der Waals surface area contributed by atoms with Crippen molar-refractivity contribution in [2.45, 2.75) is 50.2 Å². The Balaban J connectivity index is 1.83. The van der Waals surface area contributed by atoms with Gasteiger partial charge in [-0.1, -0.05) is 12.1 Å². The SMILES string of the molecule is COc1ccccc1C(=O)NC1CCC(=O)N2CCC[C@@H](C(=O)N[C@H](C=O)CC(=O)O)N2C1=O. The fraction of sp³-hybridized carbons (Fsp3) is 0.455. The third kappa shape index (κ3) is 5.33. The van der Waals surface area contributed by atoms with Crippen molar-refractivity contribution in [3.8, 4) is 5.75 Å². The molecule has 0 radical (unpaired) electrons. The van der Waals surface area contributed by atoms with E-state index in [4.69, 9.17) is 9.84 Å². The Morgan fingerprint density at radius 3 is 2.65 bits per heavy atom. The molecule has 0 aliphatic carbocycles. The molecule has 34 heavy (non-hydrogen) atoms. The average Bonchev–Trinajstić information content (AvgIpc) is 2.95. The van der Waals surface area contributed by atoms with Gasteiger partial charge in [-0.2, -0.15) is 0 Å². The fourth-order valence-corrected chi connectivity index (χ4v) is 4.07. The number of hydrogen-bond donors (Lipinski definition) is 3. The summed E-state index contributed by atoms with van der Waals surface area (Å²) in [6.07, 6.45) is 0.331. The highest BCUT2D eigenvalue weighted by Crippen LogP contribution is 2.26. The molecule has 2 heterocycles. The van der Waals surface area contributed by atoms with Gasteiger partial charge in [0.2, 0.25) is 11.8 Å². The number of nitrogens with one attached hydrogen (secondary N) is 2. The number of aliphatic carboxylic acids is 1. The Bertz CT molecular complexity index is 997. The summed E-state index contributed by atoms with van der Waals surface area (Å²) >= 11 is 0.